The minimum Gasteiger partial charge on any atom is -0.378 e. The van der Waals surface area contributed by atoms with Crippen molar-refractivity contribution < 1.29 is 0 Å². The fraction of sp³-hybridized carbons (Fsp3) is 0.300. The molecular weight excluding hydrogens is 190 g/mol. The molecule has 0 bridgehead atoms. The van der Waals surface area contributed by atoms with Crippen molar-refractivity contribution in [3.05, 3.63) is 36.2 Å². The van der Waals surface area contributed by atoms with Gasteiger partial charge in [0.15, 0.2) is 0 Å². The first-order valence-corrected chi connectivity index (χ1v) is 4.73. The van der Waals surface area contributed by atoms with E-state index in [0.29, 0.717) is 0 Å². The van der Waals surface area contributed by atoms with Gasteiger partial charge in [-0.15, -0.1) is 0 Å². The summed E-state index contributed by atoms with van der Waals surface area (Å²) in [7, 11) is 1.92. The minimum atomic E-state index is 0.743. The average molecular weight is 203 g/mol. The highest BCUT2D eigenvalue weighted by Crippen LogP contribution is 2.08. The molecule has 15 heavy (non-hydrogen) atoms. The Morgan fingerprint density at radius 2 is 2.07 bits per heavy atom. The number of nitrogens with zero attached hydrogens (tertiary/aromatic N) is 4. The standard InChI is InChI=1S/C10H13N5/c1-8-9(6-15(2)14-8)3-13-10-4-11-7-12-5-10/h4-7,13H,3H2,1-2H3. The van der Waals surface area contributed by atoms with E-state index in [1.165, 1.54) is 11.9 Å². The summed E-state index contributed by atoms with van der Waals surface area (Å²) >= 11 is 0. The van der Waals surface area contributed by atoms with Gasteiger partial charge in [0, 0.05) is 25.4 Å². The normalized spacial score (nSPS) is 10.3. The molecule has 0 unspecified atom stereocenters. The zero-order chi connectivity index (χ0) is 10.7. The Balaban J connectivity index is 2.02. The maximum atomic E-state index is 4.27. The highest BCUT2D eigenvalue weighted by molar-refractivity contribution is 5.38. The molecule has 0 atom stereocenters. The molecule has 78 valence electrons. The van der Waals surface area contributed by atoms with Gasteiger partial charge < -0.3 is 5.32 Å². The van der Waals surface area contributed by atoms with Crippen LogP contribution in [-0.2, 0) is 13.6 Å². The van der Waals surface area contributed by atoms with Crippen molar-refractivity contribution in [2.45, 2.75) is 13.5 Å². The average Bonchev–Trinajstić information content (AvgIpc) is 2.56. The lowest BCUT2D eigenvalue weighted by molar-refractivity contribution is 0.756. The number of hydrogen-bond donors (Lipinski definition) is 1. The van der Waals surface area contributed by atoms with Crippen LogP contribution >= 0.6 is 0 Å². The summed E-state index contributed by atoms with van der Waals surface area (Å²) in [5.41, 5.74) is 3.14. The molecule has 0 aromatic carbocycles. The summed E-state index contributed by atoms with van der Waals surface area (Å²) < 4.78 is 1.81. The molecule has 5 nitrogen and oxygen atoms in total. The molecule has 0 fully saturated rings. The van der Waals surface area contributed by atoms with Gasteiger partial charge in [0.25, 0.3) is 0 Å². The lowest BCUT2D eigenvalue weighted by Crippen LogP contribution is -2.00. The van der Waals surface area contributed by atoms with E-state index >= 15 is 0 Å². The third-order valence-corrected chi connectivity index (χ3v) is 2.16. The molecule has 1 N–H and O–H groups in total. The van der Waals surface area contributed by atoms with Crippen LogP contribution in [0.2, 0.25) is 0 Å². The van der Waals surface area contributed by atoms with Gasteiger partial charge >= 0.3 is 0 Å². The molecule has 0 saturated carbocycles. The zero-order valence-electron chi connectivity index (χ0n) is 8.81. The van der Waals surface area contributed by atoms with Crippen LogP contribution in [-0.4, -0.2) is 19.7 Å². The second-order valence-corrected chi connectivity index (χ2v) is 3.39. The molecule has 0 aliphatic rings. The Bertz CT molecular complexity index is 434. The Labute approximate surface area is 88.2 Å². The van der Waals surface area contributed by atoms with Crippen LogP contribution in [0.25, 0.3) is 0 Å². The molecule has 0 aliphatic carbocycles. The van der Waals surface area contributed by atoms with E-state index in [9.17, 15) is 0 Å². The van der Waals surface area contributed by atoms with E-state index in [2.05, 4.69) is 20.4 Å². The molecule has 0 saturated heterocycles. The molecule has 2 aromatic heterocycles. The Kier molecular flexibility index (Phi) is 2.62. The topological polar surface area (TPSA) is 55.6 Å². The van der Waals surface area contributed by atoms with Crippen LogP contribution in [0.3, 0.4) is 0 Å². The number of aryl methyl sites for hydroxylation is 2. The first-order valence-electron chi connectivity index (χ1n) is 4.73. The van der Waals surface area contributed by atoms with Crippen LogP contribution in [0.1, 0.15) is 11.3 Å². The molecule has 0 aliphatic heterocycles. The first-order chi connectivity index (χ1) is 7.25. The van der Waals surface area contributed by atoms with Crippen LogP contribution in [0.5, 0.6) is 0 Å². The van der Waals surface area contributed by atoms with Gasteiger partial charge in [-0.25, -0.2) is 9.97 Å². The van der Waals surface area contributed by atoms with Crippen molar-refractivity contribution in [1.29, 1.82) is 0 Å². The van der Waals surface area contributed by atoms with Gasteiger partial charge in [-0.2, -0.15) is 5.10 Å². The highest BCUT2D eigenvalue weighted by atomic mass is 15.2. The van der Waals surface area contributed by atoms with E-state index in [1.54, 1.807) is 12.4 Å². The van der Waals surface area contributed by atoms with Crippen molar-refractivity contribution in [2.24, 2.45) is 7.05 Å². The monoisotopic (exact) mass is 203 g/mol. The second kappa shape index (κ2) is 4.08. The Morgan fingerprint density at radius 3 is 2.67 bits per heavy atom. The lowest BCUT2D eigenvalue weighted by atomic mass is 10.2. The zero-order valence-corrected chi connectivity index (χ0v) is 8.81. The van der Waals surface area contributed by atoms with E-state index in [1.807, 2.05) is 24.9 Å². The first kappa shape index (κ1) is 9.64. The van der Waals surface area contributed by atoms with Crippen molar-refractivity contribution in [1.82, 2.24) is 19.7 Å². The third kappa shape index (κ3) is 2.31. The largest absolute Gasteiger partial charge is 0.378 e. The smallest absolute Gasteiger partial charge is 0.115 e. The van der Waals surface area contributed by atoms with Crippen molar-refractivity contribution in [3.63, 3.8) is 0 Å². The van der Waals surface area contributed by atoms with Gasteiger partial charge in [0.05, 0.1) is 23.8 Å². The number of hydrogen-bond acceptors (Lipinski definition) is 4. The molecule has 2 aromatic rings. The van der Waals surface area contributed by atoms with Crippen molar-refractivity contribution in [3.8, 4) is 0 Å². The molecule has 5 heteroatoms. The maximum absolute atomic E-state index is 4.27. The number of aromatic nitrogens is 4. The molecule has 0 amide bonds. The van der Waals surface area contributed by atoms with Crippen molar-refractivity contribution >= 4 is 5.69 Å². The third-order valence-electron chi connectivity index (χ3n) is 2.16. The number of rotatable bonds is 3. The van der Waals surface area contributed by atoms with E-state index < -0.39 is 0 Å². The Hall–Kier alpha value is -1.91. The number of anilines is 1. The van der Waals surface area contributed by atoms with Gasteiger partial charge in [0.2, 0.25) is 0 Å². The highest BCUT2D eigenvalue weighted by Gasteiger charge is 2.02. The predicted octanol–water partition coefficient (Wildman–Crippen LogP) is 1.13. The van der Waals surface area contributed by atoms with Gasteiger partial charge in [-0.05, 0) is 6.92 Å². The fourth-order valence-corrected chi connectivity index (χ4v) is 1.41. The molecule has 0 radical (unpaired) electrons. The van der Waals surface area contributed by atoms with Gasteiger partial charge in [0.1, 0.15) is 6.33 Å². The lowest BCUT2D eigenvalue weighted by Gasteiger charge is -2.03. The predicted molar refractivity (Wildman–Crippen MR) is 57.3 cm³/mol. The summed E-state index contributed by atoms with van der Waals surface area (Å²) in [6.45, 7) is 2.74. The van der Waals surface area contributed by atoms with Gasteiger partial charge in [-0.1, -0.05) is 0 Å². The molecule has 2 heterocycles. The van der Waals surface area contributed by atoms with Crippen molar-refractivity contribution in [2.75, 3.05) is 5.32 Å². The van der Waals surface area contributed by atoms with Crippen LogP contribution < -0.4 is 5.32 Å². The quantitative estimate of drug-likeness (QED) is 0.812. The summed E-state index contributed by atoms with van der Waals surface area (Å²) in [5.74, 6) is 0. The maximum Gasteiger partial charge on any atom is 0.115 e. The minimum absolute atomic E-state index is 0.743. The molecular formula is C10H13N5. The number of nitrogens with one attached hydrogen (secondary N) is 1. The van der Waals surface area contributed by atoms with Gasteiger partial charge in [-0.3, -0.25) is 4.68 Å². The second-order valence-electron chi connectivity index (χ2n) is 3.39. The summed E-state index contributed by atoms with van der Waals surface area (Å²) in [6, 6.07) is 0. The summed E-state index contributed by atoms with van der Waals surface area (Å²) in [6.07, 6.45) is 7.02. The summed E-state index contributed by atoms with van der Waals surface area (Å²) in [5, 5.41) is 7.51. The van der Waals surface area contributed by atoms with Crippen LogP contribution in [0.4, 0.5) is 5.69 Å². The van der Waals surface area contributed by atoms with E-state index in [0.717, 1.165) is 17.9 Å². The summed E-state index contributed by atoms with van der Waals surface area (Å²) in [4.78, 5) is 7.86. The fourth-order valence-electron chi connectivity index (χ4n) is 1.41. The van der Waals surface area contributed by atoms with E-state index in [-0.39, 0.29) is 0 Å². The Morgan fingerprint density at radius 1 is 1.33 bits per heavy atom. The molecule has 0 spiro atoms. The van der Waals surface area contributed by atoms with Crippen LogP contribution in [0, 0.1) is 6.92 Å². The van der Waals surface area contributed by atoms with E-state index in [4.69, 9.17) is 0 Å². The molecule has 2 rings (SSSR count). The van der Waals surface area contributed by atoms with Crippen LogP contribution in [0.15, 0.2) is 24.9 Å². The SMILES string of the molecule is Cc1nn(C)cc1CNc1cncnc1.